The maximum Gasteiger partial charge on any atom is 0.228 e. The molecule has 0 fully saturated rings. The minimum atomic E-state index is -1.64. The summed E-state index contributed by atoms with van der Waals surface area (Å²) in [5.74, 6) is -0.102. The number of carbonyl (C=O) groups excluding carboxylic acids is 1. The molecule has 0 saturated carbocycles. The van der Waals surface area contributed by atoms with Crippen LogP contribution in [0.3, 0.4) is 0 Å². The quantitative estimate of drug-likeness (QED) is 0.0958. The smallest absolute Gasteiger partial charge is 0.228 e. The van der Waals surface area contributed by atoms with E-state index in [1.807, 2.05) is 24.3 Å². The zero-order valence-corrected chi connectivity index (χ0v) is 21.7. The van der Waals surface area contributed by atoms with E-state index < -0.39 is 9.96 Å². The summed E-state index contributed by atoms with van der Waals surface area (Å²) >= 11 is 20.4. The second-order valence-corrected chi connectivity index (χ2v) is 11.1. The van der Waals surface area contributed by atoms with Crippen molar-refractivity contribution in [1.29, 1.82) is 0 Å². The third-order valence-electron chi connectivity index (χ3n) is 4.80. The van der Waals surface area contributed by atoms with Crippen LogP contribution in [-0.4, -0.2) is 15.9 Å². The van der Waals surface area contributed by atoms with Crippen molar-refractivity contribution in [2.75, 3.05) is 5.32 Å². The van der Waals surface area contributed by atoms with Crippen molar-refractivity contribution in [3.05, 3.63) is 27.8 Å². The van der Waals surface area contributed by atoms with Gasteiger partial charge < -0.3 is 10.6 Å². The van der Waals surface area contributed by atoms with Crippen LogP contribution < -0.4 is 10.6 Å². The number of hydrogen-bond donors (Lipinski definition) is 2. The van der Waals surface area contributed by atoms with E-state index in [2.05, 4.69) is 40.1 Å². The summed E-state index contributed by atoms with van der Waals surface area (Å²) in [6.45, 7) is 2.25. The van der Waals surface area contributed by atoms with Gasteiger partial charge in [-0.1, -0.05) is 106 Å². The molecule has 0 saturated heterocycles. The van der Waals surface area contributed by atoms with Gasteiger partial charge in [-0.15, -0.1) is 0 Å². The van der Waals surface area contributed by atoms with Crippen LogP contribution in [-0.2, 0) is 4.79 Å². The van der Waals surface area contributed by atoms with Gasteiger partial charge in [-0.3, -0.25) is 4.79 Å². The number of anilines is 1. The maximum atomic E-state index is 12.3. The third-order valence-corrected chi connectivity index (χ3v) is 6.17. The summed E-state index contributed by atoms with van der Waals surface area (Å²) < 4.78 is -0.533. The second kappa shape index (κ2) is 15.8. The lowest BCUT2D eigenvalue weighted by atomic mass is 10.1. The lowest BCUT2D eigenvalue weighted by Crippen LogP contribution is -2.49. The monoisotopic (exact) mass is 574 g/mol. The zero-order chi connectivity index (χ0) is 21.5. The Balaban J connectivity index is 2.19. The molecular weight excluding hydrogens is 542 g/mol. The minimum Gasteiger partial charge on any atom is -0.362 e. The molecule has 1 rings (SSSR count). The fourth-order valence-corrected chi connectivity index (χ4v) is 3.78. The molecule has 29 heavy (non-hydrogen) atoms. The van der Waals surface area contributed by atoms with E-state index in [-0.39, 0.29) is 5.91 Å². The fourth-order valence-electron chi connectivity index (χ4n) is 3.10. The van der Waals surface area contributed by atoms with E-state index in [1.54, 1.807) is 0 Å². The summed E-state index contributed by atoms with van der Waals surface area (Å²) in [4.78, 5) is 12.3. The van der Waals surface area contributed by atoms with E-state index in [1.165, 1.54) is 57.8 Å². The number of unbranched alkanes of at least 4 members (excludes halogenated alkanes) is 10. The molecule has 0 aliphatic rings. The van der Waals surface area contributed by atoms with Gasteiger partial charge in [0, 0.05) is 15.7 Å². The van der Waals surface area contributed by atoms with Gasteiger partial charge in [0.1, 0.15) is 6.17 Å². The average Bonchev–Trinajstić information content (AvgIpc) is 2.66. The van der Waals surface area contributed by atoms with Crippen LogP contribution >= 0.6 is 57.4 Å². The molecule has 0 spiro atoms. The molecule has 166 valence electrons. The highest BCUT2D eigenvalue weighted by Crippen LogP contribution is 2.31. The standard InChI is InChI=1S/C22H34Cl3IN2O/c1-2-3-4-5-6-7-8-9-10-11-12-13-20(29)28-21(22(23,24)25)27-19-16-14-18(26)15-17-19/h14-17,21,27H,2-13H2,1H3,(H,28,29)/t21-/m1/s1. The van der Waals surface area contributed by atoms with E-state index in [9.17, 15) is 4.79 Å². The van der Waals surface area contributed by atoms with Gasteiger partial charge in [-0.2, -0.15) is 0 Å². The topological polar surface area (TPSA) is 41.1 Å². The van der Waals surface area contributed by atoms with Crippen molar-refractivity contribution < 1.29 is 4.79 Å². The first-order valence-corrected chi connectivity index (χ1v) is 12.9. The lowest BCUT2D eigenvalue weighted by molar-refractivity contribution is -0.121. The van der Waals surface area contributed by atoms with Crippen LogP contribution in [0.4, 0.5) is 5.69 Å². The first-order valence-electron chi connectivity index (χ1n) is 10.7. The number of rotatable bonds is 15. The normalized spacial score (nSPS) is 12.6. The van der Waals surface area contributed by atoms with Gasteiger partial charge in [0.25, 0.3) is 0 Å². The third kappa shape index (κ3) is 13.9. The molecule has 3 nitrogen and oxygen atoms in total. The first kappa shape index (κ1) is 27.1. The molecule has 0 bridgehead atoms. The zero-order valence-electron chi connectivity index (χ0n) is 17.3. The molecule has 0 aromatic heterocycles. The van der Waals surface area contributed by atoms with Crippen molar-refractivity contribution in [2.45, 2.75) is 93.9 Å². The Bertz CT molecular complexity index is 564. The van der Waals surface area contributed by atoms with Crippen LogP contribution in [0, 0.1) is 3.57 Å². The Labute approximate surface area is 205 Å². The first-order chi connectivity index (χ1) is 13.8. The highest BCUT2D eigenvalue weighted by atomic mass is 127. The van der Waals surface area contributed by atoms with E-state index in [4.69, 9.17) is 34.8 Å². The summed E-state index contributed by atoms with van der Waals surface area (Å²) in [7, 11) is 0. The molecule has 0 aliphatic carbocycles. The Hall–Kier alpha value is 0.0900. The van der Waals surface area contributed by atoms with Gasteiger partial charge in [-0.25, -0.2) is 0 Å². The molecule has 0 unspecified atom stereocenters. The van der Waals surface area contributed by atoms with Crippen LogP contribution in [0.2, 0.25) is 0 Å². The number of nitrogens with one attached hydrogen (secondary N) is 2. The highest BCUT2D eigenvalue weighted by Gasteiger charge is 2.33. The molecular formula is C22H34Cl3IN2O. The van der Waals surface area contributed by atoms with Crippen molar-refractivity contribution in [1.82, 2.24) is 5.32 Å². The number of halogens is 4. The Morgan fingerprint density at radius 2 is 1.38 bits per heavy atom. The molecule has 0 heterocycles. The van der Waals surface area contributed by atoms with E-state index >= 15 is 0 Å². The van der Waals surface area contributed by atoms with Crippen molar-refractivity contribution in [2.24, 2.45) is 0 Å². The van der Waals surface area contributed by atoms with Crippen LogP contribution in [0.25, 0.3) is 0 Å². The lowest BCUT2D eigenvalue weighted by Gasteiger charge is -2.27. The predicted molar refractivity (Wildman–Crippen MR) is 136 cm³/mol. The van der Waals surface area contributed by atoms with Gasteiger partial charge in [0.15, 0.2) is 0 Å². The molecule has 0 aliphatic heterocycles. The van der Waals surface area contributed by atoms with Gasteiger partial charge in [-0.05, 0) is 53.3 Å². The summed E-state index contributed by atoms with van der Waals surface area (Å²) in [5, 5.41) is 5.90. The van der Waals surface area contributed by atoms with E-state index in [0.717, 1.165) is 22.1 Å². The number of amides is 1. The molecule has 1 aromatic rings. The predicted octanol–water partition coefficient (Wildman–Crippen LogP) is 8.22. The Morgan fingerprint density at radius 1 is 0.897 bits per heavy atom. The molecule has 1 atom stereocenters. The molecule has 1 amide bonds. The highest BCUT2D eigenvalue weighted by molar-refractivity contribution is 14.1. The van der Waals surface area contributed by atoms with Gasteiger partial charge >= 0.3 is 0 Å². The van der Waals surface area contributed by atoms with Gasteiger partial charge in [0.2, 0.25) is 9.70 Å². The summed E-state index contributed by atoms with van der Waals surface area (Å²) in [5.41, 5.74) is 0.789. The van der Waals surface area contributed by atoms with Crippen molar-refractivity contribution in [3.63, 3.8) is 0 Å². The fraction of sp³-hybridized carbons (Fsp3) is 0.682. The van der Waals surface area contributed by atoms with Crippen LogP contribution in [0.5, 0.6) is 0 Å². The van der Waals surface area contributed by atoms with Gasteiger partial charge in [0.05, 0.1) is 0 Å². The number of alkyl halides is 3. The van der Waals surface area contributed by atoms with Crippen LogP contribution in [0.1, 0.15) is 84.0 Å². The molecule has 2 N–H and O–H groups in total. The number of hydrogen-bond acceptors (Lipinski definition) is 2. The van der Waals surface area contributed by atoms with Crippen LogP contribution in [0.15, 0.2) is 24.3 Å². The maximum absolute atomic E-state index is 12.3. The SMILES string of the molecule is CCCCCCCCCCCCCC(=O)N[C@@H](Nc1ccc(I)cc1)C(Cl)(Cl)Cl. The largest absolute Gasteiger partial charge is 0.362 e. The second-order valence-electron chi connectivity index (χ2n) is 7.48. The minimum absolute atomic E-state index is 0.102. The molecule has 7 heteroatoms. The average molecular weight is 576 g/mol. The van der Waals surface area contributed by atoms with Crippen molar-refractivity contribution >= 4 is 69.0 Å². The molecule has 0 radical (unpaired) electrons. The number of benzene rings is 1. The summed E-state index contributed by atoms with van der Waals surface area (Å²) in [6.07, 6.45) is 13.4. The van der Waals surface area contributed by atoms with Crippen molar-refractivity contribution in [3.8, 4) is 0 Å². The number of carbonyl (C=O) groups is 1. The van der Waals surface area contributed by atoms with E-state index in [0.29, 0.717) is 6.42 Å². The summed E-state index contributed by atoms with van der Waals surface area (Å²) in [6, 6.07) is 7.68. The molecule has 1 aromatic carbocycles. The Morgan fingerprint density at radius 3 is 1.86 bits per heavy atom. The Kier molecular flexibility index (Phi) is 14.8.